The first-order valence-corrected chi connectivity index (χ1v) is 7.36. The van der Waals surface area contributed by atoms with Crippen molar-refractivity contribution in [2.45, 2.75) is 58.3 Å². The van der Waals surface area contributed by atoms with Crippen LogP contribution in [0.5, 0.6) is 0 Å². The molecule has 1 rings (SSSR count). The minimum absolute atomic E-state index is 0.110. The first-order valence-electron chi connectivity index (χ1n) is 7.36. The Labute approximate surface area is 131 Å². The fourth-order valence-electron chi connectivity index (χ4n) is 1.92. The van der Waals surface area contributed by atoms with Gasteiger partial charge in [-0.2, -0.15) is 0 Å². The van der Waals surface area contributed by atoms with E-state index in [2.05, 4.69) is 5.32 Å². The largest absolute Gasteiger partial charge is 0.458 e. The van der Waals surface area contributed by atoms with E-state index in [1.165, 1.54) is 0 Å². The lowest BCUT2D eigenvalue weighted by Gasteiger charge is -2.23. The summed E-state index contributed by atoms with van der Waals surface area (Å²) in [4.78, 5) is 23.5. The Hall–Kier alpha value is -1.82. The summed E-state index contributed by atoms with van der Waals surface area (Å²) in [7, 11) is 0. The molecule has 2 atom stereocenters. The normalized spacial score (nSPS) is 16.7. The van der Waals surface area contributed by atoms with Gasteiger partial charge >= 0.3 is 12.1 Å². The number of esters is 1. The lowest BCUT2D eigenvalue weighted by atomic mass is 10.1. The molecular weight excluding hydrogens is 286 g/mol. The van der Waals surface area contributed by atoms with Crippen LogP contribution in [0.2, 0.25) is 0 Å². The molecule has 0 aromatic carbocycles. The second-order valence-corrected chi connectivity index (χ2v) is 6.24. The lowest BCUT2D eigenvalue weighted by molar-refractivity contribution is -0.147. The average molecular weight is 311 g/mol. The van der Waals surface area contributed by atoms with Gasteiger partial charge in [-0.1, -0.05) is 18.2 Å². The minimum Gasteiger partial charge on any atom is -0.458 e. The zero-order valence-electron chi connectivity index (χ0n) is 13.6. The van der Waals surface area contributed by atoms with Crippen molar-refractivity contribution in [3.8, 4) is 0 Å². The van der Waals surface area contributed by atoms with Crippen LogP contribution >= 0.6 is 0 Å². The zero-order valence-corrected chi connectivity index (χ0v) is 13.6. The third kappa shape index (κ3) is 6.76. The van der Waals surface area contributed by atoms with Crippen molar-refractivity contribution in [1.29, 1.82) is 0 Å². The molecule has 0 saturated carbocycles. The number of allylic oxidation sites excluding steroid dienone is 3. The van der Waals surface area contributed by atoms with Crippen molar-refractivity contribution in [3.63, 3.8) is 0 Å². The second-order valence-electron chi connectivity index (χ2n) is 6.24. The Bertz CT molecular complexity index is 462. The summed E-state index contributed by atoms with van der Waals surface area (Å²) in [6.45, 7) is 6.64. The number of aliphatic hydroxyl groups excluding tert-OH is 1. The number of ether oxygens (including phenoxy) is 2. The first kappa shape index (κ1) is 18.2. The number of nitrogens with one attached hydrogen (secondary N) is 1. The summed E-state index contributed by atoms with van der Waals surface area (Å²) in [5.41, 5.74) is 0.384. The van der Waals surface area contributed by atoms with Gasteiger partial charge < -0.3 is 19.9 Å². The smallest absolute Gasteiger partial charge is 0.407 e. The summed E-state index contributed by atoms with van der Waals surface area (Å²) in [5.74, 6) is -0.476. The highest BCUT2D eigenvalue weighted by atomic mass is 16.6. The molecule has 124 valence electrons. The van der Waals surface area contributed by atoms with Crippen molar-refractivity contribution < 1.29 is 24.2 Å². The van der Waals surface area contributed by atoms with Crippen LogP contribution in [0, 0.1) is 0 Å². The zero-order chi connectivity index (χ0) is 16.8. The summed E-state index contributed by atoms with van der Waals surface area (Å²) in [6.07, 6.45) is 5.49. The number of carbonyl (C=O) groups excluding carboxylic acids is 2. The molecule has 6 heteroatoms. The SMILES string of the molecule is C[C@@H](OC(=O)C[C@H](CO)NC(=O)OC(C)(C)C)C1=CC=CC1. The standard InChI is InChI=1S/C16H25NO5/c1-11(12-7-5-6-8-12)21-14(19)9-13(10-18)17-15(20)22-16(2,3)4/h5-7,11,13,18H,8-10H2,1-4H3,(H,17,20)/t11-,13-/m1/s1. The topological polar surface area (TPSA) is 84.9 Å². The highest BCUT2D eigenvalue weighted by Crippen LogP contribution is 2.17. The number of aliphatic hydroxyl groups is 1. The fraction of sp³-hybridized carbons (Fsp3) is 0.625. The van der Waals surface area contributed by atoms with Gasteiger partial charge in [0.25, 0.3) is 0 Å². The number of amides is 1. The molecule has 6 nitrogen and oxygen atoms in total. The highest BCUT2D eigenvalue weighted by molar-refractivity contribution is 5.73. The maximum Gasteiger partial charge on any atom is 0.407 e. The van der Waals surface area contributed by atoms with Crippen molar-refractivity contribution in [1.82, 2.24) is 5.32 Å². The van der Waals surface area contributed by atoms with Gasteiger partial charge in [0, 0.05) is 0 Å². The molecule has 2 N–H and O–H groups in total. The lowest BCUT2D eigenvalue weighted by Crippen LogP contribution is -2.42. The van der Waals surface area contributed by atoms with Crippen LogP contribution in [0.1, 0.15) is 40.5 Å². The predicted octanol–water partition coefficient (Wildman–Crippen LogP) is 2.08. The molecule has 1 aliphatic rings. The quantitative estimate of drug-likeness (QED) is 0.734. The second kappa shape index (κ2) is 7.98. The van der Waals surface area contributed by atoms with Gasteiger partial charge in [-0.15, -0.1) is 0 Å². The first-order chi connectivity index (χ1) is 10.2. The third-order valence-corrected chi connectivity index (χ3v) is 2.98. The number of carbonyl (C=O) groups is 2. The van der Waals surface area contributed by atoms with Crippen LogP contribution in [0.4, 0.5) is 4.79 Å². The van der Waals surface area contributed by atoms with Gasteiger partial charge in [0.05, 0.1) is 19.1 Å². The van der Waals surface area contributed by atoms with Gasteiger partial charge in [-0.3, -0.25) is 4.79 Å². The molecule has 0 heterocycles. The number of rotatable bonds is 6. The van der Waals surface area contributed by atoms with E-state index < -0.39 is 23.7 Å². The van der Waals surface area contributed by atoms with Crippen LogP contribution in [0.3, 0.4) is 0 Å². The van der Waals surface area contributed by atoms with E-state index in [1.54, 1.807) is 27.7 Å². The summed E-state index contributed by atoms with van der Waals surface area (Å²) >= 11 is 0. The molecule has 0 unspecified atom stereocenters. The summed E-state index contributed by atoms with van der Waals surface area (Å²) < 4.78 is 10.4. The molecule has 1 aliphatic carbocycles. The van der Waals surface area contributed by atoms with Crippen LogP contribution in [-0.2, 0) is 14.3 Å². The Balaban J connectivity index is 2.41. The maximum atomic E-state index is 11.9. The predicted molar refractivity (Wildman–Crippen MR) is 82.3 cm³/mol. The number of hydrogen-bond acceptors (Lipinski definition) is 5. The van der Waals surface area contributed by atoms with E-state index in [1.807, 2.05) is 18.2 Å². The molecule has 0 aromatic rings. The number of alkyl carbamates (subject to hydrolysis) is 1. The monoisotopic (exact) mass is 311 g/mol. The van der Waals surface area contributed by atoms with Crippen LogP contribution < -0.4 is 5.32 Å². The third-order valence-electron chi connectivity index (χ3n) is 2.98. The van der Waals surface area contributed by atoms with Gasteiger partial charge in [-0.05, 0) is 39.7 Å². The van der Waals surface area contributed by atoms with Gasteiger partial charge in [0.2, 0.25) is 0 Å². The molecule has 0 radical (unpaired) electrons. The van der Waals surface area contributed by atoms with Gasteiger partial charge in [0.15, 0.2) is 0 Å². The Kier molecular flexibility index (Phi) is 6.61. The van der Waals surface area contributed by atoms with Crippen molar-refractivity contribution >= 4 is 12.1 Å². The maximum absolute atomic E-state index is 11.9. The summed E-state index contributed by atoms with van der Waals surface area (Å²) in [6, 6.07) is -0.731. The van der Waals surface area contributed by atoms with E-state index >= 15 is 0 Å². The molecular formula is C16H25NO5. The van der Waals surface area contributed by atoms with Crippen LogP contribution in [0.15, 0.2) is 23.8 Å². The Morgan fingerprint density at radius 1 is 1.41 bits per heavy atom. The average Bonchev–Trinajstić information content (AvgIpc) is 2.89. The minimum atomic E-state index is -0.731. The van der Waals surface area contributed by atoms with E-state index in [-0.39, 0.29) is 19.1 Å². The van der Waals surface area contributed by atoms with Gasteiger partial charge in [-0.25, -0.2) is 4.79 Å². The highest BCUT2D eigenvalue weighted by Gasteiger charge is 2.23. The Morgan fingerprint density at radius 2 is 2.09 bits per heavy atom. The molecule has 22 heavy (non-hydrogen) atoms. The molecule has 0 aromatic heterocycles. The number of hydrogen-bond donors (Lipinski definition) is 2. The van der Waals surface area contributed by atoms with Crippen molar-refractivity contribution in [2.24, 2.45) is 0 Å². The van der Waals surface area contributed by atoms with E-state index in [0.29, 0.717) is 0 Å². The summed E-state index contributed by atoms with van der Waals surface area (Å²) in [5, 5.41) is 11.7. The van der Waals surface area contributed by atoms with Crippen molar-refractivity contribution in [2.75, 3.05) is 6.61 Å². The molecule has 0 fully saturated rings. The van der Waals surface area contributed by atoms with Crippen molar-refractivity contribution in [3.05, 3.63) is 23.8 Å². The Morgan fingerprint density at radius 3 is 2.59 bits per heavy atom. The van der Waals surface area contributed by atoms with E-state index in [4.69, 9.17) is 9.47 Å². The van der Waals surface area contributed by atoms with Gasteiger partial charge in [0.1, 0.15) is 11.7 Å². The van der Waals surface area contributed by atoms with E-state index in [9.17, 15) is 14.7 Å². The molecule has 1 amide bonds. The van der Waals surface area contributed by atoms with E-state index in [0.717, 1.165) is 12.0 Å². The molecule has 0 bridgehead atoms. The molecule has 0 saturated heterocycles. The molecule has 0 aliphatic heterocycles. The van der Waals surface area contributed by atoms with Crippen LogP contribution in [-0.4, -0.2) is 41.5 Å². The fourth-order valence-corrected chi connectivity index (χ4v) is 1.92. The molecule has 0 spiro atoms. The van der Waals surface area contributed by atoms with Crippen LogP contribution in [0.25, 0.3) is 0 Å².